The third-order valence-corrected chi connectivity index (χ3v) is 5.69. The molecule has 1 saturated carbocycles. The zero-order valence-corrected chi connectivity index (χ0v) is 13.4. The Kier molecular flexibility index (Phi) is 4.18. The summed E-state index contributed by atoms with van der Waals surface area (Å²) in [5.41, 5.74) is 6.11. The van der Waals surface area contributed by atoms with E-state index in [2.05, 4.69) is 18.6 Å². The maximum Gasteiger partial charge on any atom is 0.240 e. The van der Waals surface area contributed by atoms with Gasteiger partial charge in [0, 0.05) is 11.6 Å². The molecule has 4 nitrogen and oxygen atoms in total. The van der Waals surface area contributed by atoms with Crippen LogP contribution in [0.5, 0.6) is 0 Å². The van der Waals surface area contributed by atoms with Gasteiger partial charge in [0.25, 0.3) is 0 Å². The maximum absolute atomic E-state index is 12.5. The first-order chi connectivity index (χ1) is 9.22. The fraction of sp³-hybridized carbons (Fsp3) is 0.500. The van der Waals surface area contributed by atoms with E-state index >= 15 is 0 Å². The lowest BCUT2D eigenvalue weighted by Crippen LogP contribution is -2.41. The number of nitrogens with one attached hydrogen (secondary N) is 1. The average Bonchev–Trinajstić information content (AvgIpc) is 2.68. The van der Waals surface area contributed by atoms with E-state index in [-0.39, 0.29) is 21.3 Å². The van der Waals surface area contributed by atoms with Crippen LogP contribution in [0.1, 0.15) is 38.7 Å². The van der Waals surface area contributed by atoms with Crippen LogP contribution in [-0.4, -0.2) is 19.4 Å². The molecule has 1 aliphatic carbocycles. The summed E-state index contributed by atoms with van der Waals surface area (Å²) in [5.74, 6) is 0. The van der Waals surface area contributed by atoms with Crippen LogP contribution in [-0.2, 0) is 10.0 Å². The van der Waals surface area contributed by atoms with Crippen molar-refractivity contribution < 1.29 is 8.42 Å². The van der Waals surface area contributed by atoms with Gasteiger partial charge in [-0.3, -0.25) is 0 Å². The van der Waals surface area contributed by atoms with Crippen LogP contribution in [0.4, 0.5) is 0 Å². The van der Waals surface area contributed by atoms with Crippen molar-refractivity contribution in [2.75, 3.05) is 0 Å². The zero-order valence-electron chi connectivity index (χ0n) is 11.7. The van der Waals surface area contributed by atoms with Crippen molar-refractivity contribution in [1.29, 1.82) is 0 Å². The molecule has 0 aromatic heterocycles. The largest absolute Gasteiger partial charge is 0.389 e. The van der Waals surface area contributed by atoms with Crippen LogP contribution in [0.3, 0.4) is 0 Å². The van der Waals surface area contributed by atoms with E-state index in [4.69, 9.17) is 18.0 Å². The first kappa shape index (κ1) is 15.4. The van der Waals surface area contributed by atoms with Crippen molar-refractivity contribution in [3.05, 3.63) is 29.8 Å². The molecule has 1 atom stereocenters. The fourth-order valence-electron chi connectivity index (χ4n) is 2.62. The van der Waals surface area contributed by atoms with Crippen molar-refractivity contribution in [2.24, 2.45) is 11.1 Å². The molecule has 1 aromatic rings. The maximum atomic E-state index is 12.5. The highest BCUT2D eigenvalue weighted by atomic mass is 32.2. The Balaban J connectivity index is 2.27. The summed E-state index contributed by atoms with van der Waals surface area (Å²) < 4.78 is 27.7. The minimum atomic E-state index is -3.54. The van der Waals surface area contributed by atoms with Crippen molar-refractivity contribution >= 4 is 27.2 Å². The third kappa shape index (κ3) is 3.19. The van der Waals surface area contributed by atoms with Gasteiger partial charge in [-0.1, -0.05) is 44.6 Å². The summed E-state index contributed by atoms with van der Waals surface area (Å²) in [6, 6.07) is 6.42. The molecule has 0 amide bonds. The number of rotatable bonds is 4. The lowest BCUT2D eigenvalue weighted by atomic mass is 9.88. The second-order valence-corrected chi connectivity index (χ2v) is 8.10. The summed E-state index contributed by atoms with van der Waals surface area (Å²) in [6.07, 6.45) is 2.96. The zero-order chi connectivity index (χ0) is 15.0. The number of sulfonamides is 1. The van der Waals surface area contributed by atoms with Crippen LogP contribution in [0.2, 0.25) is 0 Å². The molecule has 110 valence electrons. The molecule has 0 radical (unpaired) electrons. The minimum absolute atomic E-state index is 0.00610. The van der Waals surface area contributed by atoms with Crippen molar-refractivity contribution in [1.82, 2.24) is 4.72 Å². The Hall–Kier alpha value is -0.980. The van der Waals surface area contributed by atoms with E-state index in [1.165, 1.54) is 6.07 Å². The van der Waals surface area contributed by atoms with Gasteiger partial charge in [0.1, 0.15) is 4.99 Å². The van der Waals surface area contributed by atoms with Crippen LogP contribution >= 0.6 is 12.2 Å². The quantitative estimate of drug-likeness (QED) is 0.836. The number of benzene rings is 1. The Bertz CT molecular complexity index is 624. The molecular formula is C14H20N2O2S2. The predicted molar refractivity (Wildman–Crippen MR) is 84.1 cm³/mol. The van der Waals surface area contributed by atoms with E-state index in [0.717, 1.165) is 19.3 Å². The van der Waals surface area contributed by atoms with E-state index in [9.17, 15) is 8.42 Å². The predicted octanol–water partition coefficient (Wildman–Crippen LogP) is 2.18. The average molecular weight is 312 g/mol. The summed E-state index contributed by atoms with van der Waals surface area (Å²) in [7, 11) is -3.54. The van der Waals surface area contributed by atoms with E-state index in [0.29, 0.717) is 5.56 Å². The van der Waals surface area contributed by atoms with Crippen molar-refractivity contribution in [3.63, 3.8) is 0 Å². The van der Waals surface area contributed by atoms with E-state index in [1.54, 1.807) is 18.2 Å². The highest BCUT2D eigenvalue weighted by molar-refractivity contribution is 7.89. The second-order valence-electron chi connectivity index (χ2n) is 5.95. The van der Waals surface area contributed by atoms with Gasteiger partial charge < -0.3 is 5.73 Å². The molecule has 0 bridgehead atoms. The fourth-order valence-corrected chi connectivity index (χ4v) is 4.23. The molecule has 0 spiro atoms. The Morgan fingerprint density at radius 3 is 2.70 bits per heavy atom. The molecule has 1 aromatic carbocycles. The van der Waals surface area contributed by atoms with Gasteiger partial charge in [0.05, 0.1) is 4.90 Å². The Labute approximate surface area is 125 Å². The highest BCUT2D eigenvalue weighted by Gasteiger charge is 2.37. The van der Waals surface area contributed by atoms with Crippen LogP contribution in [0.25, 0.3) is 0 Å². The molecule has 1 aliphatic rings. The van der Waals surface area contributed by atoms with Gasteiger partial charge in [0.15, 0.2) is 0 Å². The lowest BCUT2D eigenvalue weighted by molar-refractivity contribution is 0.313. The summed E-state index contributed by atoms with van der Waals surface area (Å²) in [5, 5.41) is 0. The molecule has 3 N–H and O–H groups in total. The van der Waals surface area contributed by atoms with Crippen LogP contribution < -0.4 is 10.5 Å². The molecule has 20 heavy (non-hydrogen) atoms. The molecule has 6 heteroatoms. The number of thiocarbonyl (C=S) groups is 1. The van der Waals surface area contributed by atoms with E-state index < -0.39 is 10.0 Å². The van der Waals surface area contributed by atoms with Crippen LogP contribution in [0, 0.1) is 5.41 Å². The first-order valence-electron chi connectivity index (χ1n) is 6.64. The molecule has 0 saturated heterocycles. The Morgan fingerprint density at radius 1 is 1.45 bits per heavy atom. The molecule has 1 fully saturated rings. The summed E-state index contributed by atoms with van der Waals surface area (Å²) in [6.45, 7) is 4.19. The smallest absolute Gasteiger partial charge is 0.240 e. The van der Waals surface area contributed by atoms with Gasteiger partial charge >= 0.3 is 0 Å². The van der Waals surface area contributed by atoms with E-state index in [1.807, 2.05) is 0 Å². The van der Waals surface area contributed by atoms with Gasteiger partial charge in [-0.25, -0.2) is 13.1 Å². The monoisotopic (exact) mass is 312 g/mol. The Morgan fingerprint density at radius 2 is 2.15 bits per heavy atom. The van der Waals surface area contributed by atoms with Crippen molar-refractivity contribution in [2.45, 2.75) is 44.0 Å². The normalized spacial score (nSPS) is 21.8. The standard InChI is InChI=1S/C14H20N2O2S2/c1-14(2)8-4-7-12(14)16-20(17,18)11-6-3-5-10(9-11)13(15)19/h3,5-6,9,12,16H,4,7-8H2,1-2H3,(H2,15,19). The first-order valence-corrected chi connectivity index (χ1v) is 8.54. The lowest BCUT2D eigenvalue weighted by Gasteiger charge is -2.27. The summed E-state index contributed by atoms with van der Waals surface area (Å²) in [4.78, 5) is 0.411. The molecule has 0 aliphatic heterocycles. The van der Waals surface area contributed by atoms with Gasteiger partial charge in [-0.2, -0.15) is 0 Å². The van der Waals surface area contributed by atoms with Gasteiger partial charge in [0.2, 0.25) is 10.0 Å². The SMILES string of the molecule is CC1(C)CCCC1NS(=O)(=O)c1cccc(C(N)=S)c1. The topological polar surface area (TPSA) is 72.2 Å². The molecular weight excluding hydrogens is 292 g/mol. The van der Waals surface area contributed by atoms with Gasteiger partial charge in [-0.15, -0.1) is 0 Å². The molecule has 0 heterocycles. The van der Waals surface area contributed by atoms with Gasteiger partial charge in [-0.05, 0) is 30.4 Å². The summed E-state index contributed by atoms with van der Waals surface area (Å²) >= 11 is 4.89. The van der Waals surface area contributed by atoms with Crippen molar-refractivity contribution in [3.8, 4) is 0 Å². The molecule has 2 rings (SSSR count). The number of hydrogen-bond donors (Lipinski definition) is 2. The minimum Gasteiger partial charge on any atom is -0.389 e. The third-order valence-electron chi connectivity index (χ3n) is 3.98. The van der Waals surface area contributed by atoms with Crippen LogP contribution in [0.15, 0.2) is 29.2 Å². The number of hydrogen-bond acceptors (Lipinski definition) is 3. The second kappa shape index (κ2) is 5.42. The number of nitrogens with two attached hydrogens (primary N) is 1. The molecule has 1 unspecified atom stereocenters. The highest BCUT2D eigenvalue weighted by Crippen LogP contribution is 2.37.